The number of hydrogen-bond acceptors (Lipinski definition) is 4. The number of thiophene rings is 1. The molecule has 0 spiro atoms. The molecule has 0 bridgehead atoms. The van der Waals surface area contributed by atoms with Crippen LogP contribution in [0, 0.1) is 0 Å². The number of Topliss-reactive ketones (excluding diaryl/α,β-unsaturated/α-hetero) is 1. The predicted octanol–water partition coefficient (Wildman–Crippen LogP) is 1.62. The lowest BCUT2D eigenvalue weighted by atomic mass is 10.1. The van der Waals surface area contributed by atoms with Gasteiger partial charge in [0, 0.05) is 6.42 Å². The number of ketones is 1. The van der Waals surface area contributed by atoms with Crippen LogP contribution in [0.5, 0.6) is 0 Å². The second kappa shape index (κ2) is 4.68. The lowest BCUT2D eigenvalue weighted by molar-refractivity contribution is -0.126. The molecule has 1 aromatic heterocycles. The van der Waals surface area contributed by atoms with Crippen molar-refractivity contribution >= 4 is 17.1 Å². The summed E-state index contributed by atoms with van der Waals surface area (Å²) in [6, 6.07) is 1.97. The van der Waals surface area contributed by atoms with Crippen molar-refractivity contribution in [2.24, 2.45) is 0 Å². The maximum absolute atomic E-state index is 11.5. The van der Waals surface area contributed by atoms with Crippen molar-refractivity contribution in [1.82, 2.24) is 0 Å². The molecule has 2 rings (SSSR count). The van der Waals surface area contributed by atoms with Crippen molar-refractivity contribution in [3.8, 4) is 0 Å². The molecule has 0 N–H and O–H groups in total. The van der Waals surface area contributed by atoms with Crippen LogP contribution in [-0.4, -0.2) is 25.3 Å². The van der Waals surface area contributed by atoms with E-state index in [-0.39, 0.29) is 12.1 Å². The minimum absolute atomic E-state index is 0.176. The summed E-state index contributed by atoms with van der Waals surface area (Å²) in [4.78, 5) is 11.5. The first kappa shape index (κ1) is 9.83. The Labute approximate surface area is 86.6 Å². The maximum atomic E-state index is 11.5. The highest BCUT2D eigenvalue weighted by Crippen LogP contribution is 2.12. The summed E-state index contributed by atoms with van der Waals surface area (Å²) < 4.78 is 10.4. The van der Waals surface area contributed by atoms with Crippen LogP contribution in [0.15, 0.2) is 16.8 Å². The number of hydrogen-bond donors (Lipinski definition) is 0. The number of rotatable bonds is 4. The molecule has 1 saturated heterocycles. The maximum Gasteiger partial charge on any atom is 0.164 e. The van der Waals surface area contributed by atoms with Gasteiger partial charge in [0.05, 0.1) is 19.6 Å². The molecule has 2 heterocycles. The van der Waals surface area contributed by atoms with E-state index in [1.807, 2.05) is 16.8 Å². The van der Waals surface area contributed by atoms with Crippen LogP contribution in [0.2, 0.25) is 0 Å². The fraction of sp³-hybridized carbons (Fsp3) is 0.500. The van der Waals surface area contributed by atoms with Gasteiger partial charge in [-0.15, -0.1) is 0 Å². The van der Waals surface area contributed by atoms with Crippen molar-refractivity contribution in [3.63, 3.8) is 0 Å². The molecule has 0 atom stereocenters. The number of carbonyl (C=O) groups is 1. The van der Waals surface area contributed by atoms with Gasteiger partial charge in [-0.1, -0.05) is 0 Å². The van der Waals surface area contributed by atoms with E-state index in [0.29, 0.717) is 26.1 Å². The van der Waals surface area contributed by atoms with Crippen LogP contribution < -0.4 is 0 Å². The molecule has 0 aromatic carbocycles. The molecular formula is C10H12O3S. The van der Waals surface area contributed by atoms with Gasteiger partial charge in [-0.3, -0.25) is 4.79 Å². The molecule has 76 valence electrons. The van der Waals surface area contributed by atoms with Gasteiger partial charge in [0.15, 0.2) is 6.29 Å². The summed E-state index contributed by atoms with van der Waals surface area (Å²) in [6.45, 7) is 1.22. The van der Waals surface area contributed by atoms with Crippen LogP contribution >= 0.6 is 11.3 Å². The van der Waals surface area contributed by atoms with E-state index in [1.54, 1.807) is 11.3 Å². The third-order valence-electron chi connectivity index (χ3n) is 2.07. The molecule has 3 nitrogen and oxygen atoms in total. The molecule has 1 fully saturated rings. The fourth-order valence-corrected chi connectivity index (χ4v) is 2.07. The van der Waals surface area contributed by atoms with Gasteiger partial charge in [0.1, 0.15) is 5.78 Å². The molecule has 0 saturated carbocycles. The smallest absolute Gasteiger partial charge is 0.164 e. The van der Waals surface area contributed by atoms with E-state index >= 15 is 0 Å². The normalized spacial score (nSPS) is 17.4. The van der Waals surface area contributed by atoms with Gasteiger partial charge >= 0.3 is 0 Å². The van der Waals surface area contributed by atoms with Crippen LogP contribution in [-0.2, 0) is 20.7 Å². The molecule has 1 aliphatic heterocycles. The number of ether oxygens (including phenoxy) is 2. The summed E-state index contributed by atoms with van der Waals surface area (Å²) in [7, 11) is 0. The first-order valence-corrected chi connectivity index (χ1v) is 5.55. The van der Waals surface area contributed by atoms with Crippen molar-refractivity contribution in [1.29, 1.82) is 0 Å². The highest BCUT2D eigenvalue weighted by atomic mass is 32.1. The van der Waals surface area contributed by atoms with E-state index in [9.17, 15) is 4.79 Å². The average Bonchev–Trinajstić information content (AvgIpc) is 2.76. The fourth-order valence-electron chi connectivity index (χ4n) is 1.40. The summed E-state index contributed by atoms with van der Waals surface area (Å²) in [5, 5.41) is 3.97. The van der Waals surface area contributed by atoms with Crippen molar-refractivity contribution in [2.45, 2.75) is 19.1 Å². The van der Waals surface area contributed by atoms with Gasteiger partial charge in [-0.2, -0.15) is 11.3 Å². The zero-order valence-corrected chi connectivity index (χ0v) is 8.59. The first-order chi connectivity index (χ1) is 6.84. The molecule has 14 heavy (non-hydrogen) atoms. The zero-order chi connectivity index (χ0) is 9.80. The molecule has 0 aliphatic carbocycles. The highest BCUT2D eigenvalue weighted by Gasteiger charge is 2.19. The minimum atomic E-state index is -0.305. The third kappa shape index (κ3) is 2.64. The summed E-state index contributed by atoms with van der Waals surface area (Å²) in [6.07, 6.45) is 0.559. The van der Waals surface area contributed by atoms with E-state index in [2.05, 4.69) is 0 Å². The van der Waals surface area contributed by atoms with Crippen LogP contribution in [0.1, 0.15) is 12.0 Å². The summed E-state index contributed by atoms with van der Waals surface area (Å²) >= 11 is 1.61. The largest absolute Gasteiger partial charge is 0.350 e. The van der Waals surface area contributed by atoms with Crippen molar-refractivity contribution in [2.75, 3.05) is 13.2 Å². The third-order valence-corrected chi connectivity index (χ3v) is 2.80. The molecule has 1 aliphatic rings. The first-order valence-electron chi connectivity index (χ1n) is 4.60. The van der Waals surface area contributed by atoms with Crippen LogP contribution in [0.4, 0.5) is 0 Å². The lowest BCUT2D eigenvalue weighted by Crippen LogP contribution is -2.15. The van der Waals surface area contributed by atoms with Gasteiger partial charge < -0.3 is 9.47 Å². The standard InChI is InChI=1S/C10H12O3S/c11-9(5-8-1-4-14-7-8)6-10-12-2-3-13-10/h1,4,7,10H,2-3,5-6H2. The predicted molar refractivity (Wildman–Crippen MR) is 53.3 cm³/mol. The van der Waals surface area contributed by atoms with E-state index in [0.717, 1.165) is 5.56 Å². The molecule has 0 amide bonds. The SMILES string of the molecule is O=C(Cc1ccsc1)CC1OCCO1. The second-order valence-corrected chi connectivity index (χ2v) is 4.00. The highest BCUT2D eigenvalue weighted by molar-refractivity contribution is 7.07. The summed E-state index contributed by atoms with van der Waals surface area (Å²) in [5.41, 5.74) is 1.08. The average molecular weight is 212 g/mol. The molecule has 4 heteroatoms. The van der Waals surface area contributed by atoms with E-state index in [4.69, 9.17) is 9.47 Å². The Kier molecular flexibility index (Phi) is 3.29. The minimum Gasteiger partial charge on any atom is -0.350 e. The van der Waals surface area contributed by atoms with Crippen molar-refractivity contribution in [3.05, 3.63) is 22.4 Å². The van der Waals surface area contributed by atoms with Gasteiger partial charge in [0.25, 0.3) is 0 Å². The number of carbonyl (C=O) groups excluding carboxylic acids is 1. The van der Waals surface area contributed by atoms with E-state index in [1.165, 1.54) is 0 Å². The monoisotopic (exact) mass is 212 g/mol. The van der Waals surface area contributed by atoms with Crippen molar-refractivity contribution < 1.29 is 14.3 Å². The lowest BCUT2D eigenvalue weighted by Gasteiger charge is -2.06. The van der Waals surface area contributed by atoms with Crippen LogP contribution in [0.3, 0.4) is 0 Å². The van der Waals surface area contributed by atoms with Gasteiger partial charge in [-0.25, -0.2) is 0 Å². The quantitative estimate of drug-likeness (QED) is 0.760. The molecule has 0 unspecified atom stereocenters. The van der Waals surface area contributed by atoms with Gasteiger partial charge in [-0.05, 0) is 22.4 Å². The molecule has 1 aromatic rings. The summed E-state index contributed by atoms with van der Waals surface area (Å²) in [5.74, 6) is 0.176. The Morgan fingerprint density at radius 1 is 1.50 bits per heavy atom. The Bertz CT molecular complexity index is 288. The Balaban J connectivity index is 1.78. The van der Waals surface area contributed by atoms with E-state index < -0.39 is 0 Å². The molecule has 0 radical (unpaired) electrons. The second-order valence-electron chi connectivity index (χ2n) is 3.22. The van der Waals surface area contributed by atoms with Gasteiger partial charge in [0.2, 0.25) is 0 Å². The molecular weight excluding hydrogens is 200 g/mol. The Hall–Kier alpha value is -0.710. The zero-order valence-electron chi connectivity index (χ0n) is 7.77. The Morgan fingerprint density at radius 3 is 2.93 bits per heavy atom. The topological polar surface area (TPSA) is 35.5 Å². The Morgan fingerprint density at radius 2 is 2.29 bits per heavy atom. The van der Waals surface area contributed by atoms with Crippen LogP contribution in [0.25, 0.3) is 0 Å².